The van der Waals surface area contributed by atoms with Gasteiger partial charge in [0.15, 0.2) is 0 Å². The van der Waals surface area contributed by atoms with Crippen molar-refractivity contribution in [3.05, 3.63) is 60.2 Å². The van der Waals surface area contributed by atoms with E-state index in [1.165, 1.54) is 11.8 Å². The van der Waals surface area contributed by atoms with Gasteiger partial charge in [-0.25, -0.2) is 0 Å². The molecule has 0 aliphatic heterocycles. The third kappa shape index (κ3) is 4.97. The Labute approximate surface area is 129 Å². The van der Waals surface area contributed by atoms with Crippen LogP contribution in [0.4, 0.5) is 0 Å². The quantitative estimate of drug-likeness (QED) is 0.868. The lowest BCUT2D eigenvalue weighted by atomic mass is 10.2. The lowest BCUT2D eigenvalue weighted by Gasteiger charge is -2.20. The third-order valence-electron chi connectivity index (χ3n) is 3.12. The number of carbonyl (C=O) groups excluding carboxylic acids is 2. The Morgan fingerprint density at radius 3 is 2.50 bits per heavy atom. The van der Waals surface area contributed by atoms with Crippen molar-refractivity contribution in [1.29, 1.82) is 0 Å². The van der Waals surface area contributed by atoms with Crippen LogP contribution in [0.25, 0.3) is 0 Å². The molecule has 0 aliphatic carbocycles. The minimum Gasteiger partial charge on any atom is -0.350 e. The first-order valence-corrected chi connectivity index (χ1v) is 6.95. The third-order valence-corrected chi connectivity index (χ3v) is 3.12. The molecule has 2 amide bonds. The van der Waals surface area contributed by atoms with E-state index in [1.807, 2.05) is 18.2 Å². The molecule has 6 nitrogen and oxygen atoms in total. The molecule has 2 aromatic heterocycles. The van der Waals surface area contributed by atoms with Crippen molar-refractivity contribution in [3.8, 4) is 0 Å². The van der Waals surface area contributed by atoms with Crippen molar-refractivity contribution in [2.75, 3.05) is 6.54 Å². The van der Waals surface area contributed by atoms with Crippen molar-refractivity contribution < 1.29 is 9.59 Å². The van der Waals surface area contributed by atoms with Gasteiger partial charge in [0.05, 0.1) is 6.54 Å². The van der Waals surface area contributed by atoms with Crippen LogP contribution in [0, 0.1) is 0 Å². The first kappa shape index (κ1) is 15.6. The van der Waals surface area contributed by atoms with Gasteiger partial charge in [-0.3, -0.25) is 19.6 Å². The Morgan fingerprint density at radius 2 is 1.86 bits per heavy atom. The molecule has 0 fully saturated rings. The van der Waals surface area contributed by atoms with Gasteiger partial charge in [-0.05, 0) is 29.3 Å². The summed E-state index contributed by atoms with van der Waals surface area (Å²) in [5.41, 5.74) is 1.85. The SMILES string of the molecule is CC(=O)N(CC(=O)NCc1ccncc1)Cc1cccnc1. The molecule has 0 radical (unpaired) electrons. The van der Waals surface area contributed by atoms with Crippen molar-refractivity contribution in [3.63, 3.8) is 0 Å². The fraction of sp³-hybridized carbons (Fsp3) is 0.250. The van der Waals surface area contributed by atoms with Crippen LogP contribution in [0.15, 0.2) is 49.1 Å². The largest absolute Gasteiger partial charge is 0.350 e. The fourth-order valence-corrected chi connectivity index (χ4v) is 1.92. The number of carbonyl (C=O) groups is 2. The van der Waals surface area contributed by atoms with Gasteiger partial charge in [-0.15, -0.1) is 0 Å². The fourth-order valence-electron chi connectivity index (χ4n) is 1.92. The summed E-state index contributed by atoms with van der Waals surface area (Å²) in [5.74, 6) is -0.348. The highest BCUT2D eigenvalue weighted by atomic mass is 16.2. The molecule has 0 aliphatic rings. The van der Waals surface area contributed by atoms with Gasteiger partial charge < -0.3 is 10.2 Å². The van der Waals surface area contributed by atoms with E-state index >= 15 is 0 Å². The molecule has 2 rings (SSSR count). The van der Waals surface area contributed by atoms with Gasteiger partial charge >= 0.3 is 0 Å². The molecule has 0 bridgehead atoms. The second-order valence-electron chi connectivity index (χ2n) is 4.87. The summed E-state index contributed by atoms with van der Waals surface area (Å²) in [6, 6.07) is 7.34. The number of hydrogen-bond acceptors (Lipinski definition) is 4. The van der Waals surface area contributed by atoms with E-state index in [-0.39, 0.29) is 18.4 Å². The first-order valence-electron chi connectivity index (χ1n) is 6.95. The van der Waals surface area contributed by atoms with Crippen LogP contribution in [0.2, 0.25) is 0 Å². The predicted molar refractivity (Wildman–Crippen MR) is 81.4 cm³/mol. The summed E-state index contributed by atoms with van der Waals surface area (Å²) in [6.07, 6.45) is 6.70. The van der Waals surface area contributed by atoms with Crippen LogP contribution in [-0.4, -0.2) is 33.2 Å². The average molecular weight is 298 g/mol. The Kier molecular flexibility index (Phi) is 5.59. The zero-order chi connectivity index (χ0) is 15.8. The summed E-state index contributed by atoms with van der Waals surface area (Å²) in [6.45, 7) is 2.26. The molecule has 0 saturated heterocycles. The van der Waals surface area contributed by atoms with Crippen molar-refractivity contribution in [2.24, 2.45) is 0 Å². The first-order chi connectivity index (χ1) is 10.6. The summed E-state index contributed by atoms with van der Waals surface area (Å²) >= 11 is 0. The topological polar surface area (TPSA) is 75.2 Å². The Balaban J connectivity index is 1.88. The minimum atomic E-state index is -0.198. The number of pyridine rings is 2. The minimum absolute atomic E-state index is 0.0231. The molecule has 0 unspecified atom stereocenters. The van der Waals surface area contributed by atoms with Crippen LogP contribution in [0.3, 0.4) is 0 Å². The van der Waals surface area contributed by atoms with E-state index < -0.39 is 0 Å². The highest BCUT2D eigenvalue weighted by Crippen LogP contribution is 2.03. The molecule has 2 aromatic rings. The number of aromatic nitrogens is 2. The van der Waals surface area contributed by atoms with E-state index in [9.17, 15) is 9.59 Å². The van der Waals surface area contributed by atoms with Gasteiger partial charge in [0, 0.05) is 44.8 Å². The van der Waals surface area contributed by atoms with Crippen molar-refractivity contribution >= 4 is 11.8 Å². The number of nitrogens with zero attached hydrogens (tertiary/aromatic N) is 3. The molecular formula is C16H18N4O2. The van der Waals surface area contributed by atoms with E-state index in [0.717, 1.165) is 11.1 Å². The molecule has 0 aromatic carbocycles. The molecule has 0 spiro atoms. The van der Waals surface area contributed by atoms with E-state index in [0.29, 0.717) is 13.1 Å². The van der Waals surface area contributed by atoms with Crippen LogP contribution >= 0.6 is 0 Å². The lowest BCUT2D eigenvalue weighted by molar-refractivity contribution is -0.135. The number of rotatable bonds is 6. The number of hydrogen-bond donors (Lipinski definition) is 1. The molecule has 114 valence electrons. The summed E-state index contributed by atoms with van der Waals surface area (Å²) in [4.78, 5) is 33.1. The van der Waals surface area contributed by atoms with Gasteiger partial charge in [0.25, 0.3) is 0 Å². The van der Waals surface area contributed by atoms with E-state index in [2.05, 4.69) is 15.3 Å². The maximum atomic E-state index is 12.0. The van der Waals surface area contributed by atoms with Gasteiger partial charge in [-0.1, -0.05) is 6.07 Å². The maximum Gasteiger partial charge on any atom is 0.239 e. The summed E-state index contributed by atoms with van der Waals surface area (Å²) in [7, 11) is 0. The molecular weight excluding hydrogens is 280 g/mol. The van der Waals surface area contributed by atoms with Crippen LogP contribution in [-0.2, 0) is 22.7 Å². The molecule has 0 saturated carbocycles. The lowest BCUT2D eigenvalue weighted by Crippen LogP contribution is -2.39. The average Bonchev–Trinajstić information content (AvgIpc) is 2.54. The Morgan fingerprint density at radius 1 is 1.09 bits per heavy atom. The van der Waals surface area contributed by atoms with E-state index in [4.69, 9.17) is 0 Å². The van der Waals surface area contributed by atoms with Crippen molar-refractivity contribution in [1.82, 2.24) is 20.2 Å². The Bertz CT molecular complexity index is 617. The number of nitrogens with one attached hydrogen (secondary N) is 1. The highest BCUT2D eigenvalue weighted by molar-refractivity contribution is 5.83. The molecule has 22 heavy (non-hydrogen) atoms. The van der Waals surface area contributed by atoms with Gasteiger partial charge in [0.1, 0.15) is 0 Å². The molecule has 6 heteroatoms. The van der Waals surface area contributed by atoms with Crippen LogP contribution in [0.1, 0.15) is 18.1 Å². The monoisotopic (exact) mass is 298 g/mol. The van der Waals surface area contributed by atoms with Gasteiger partial charge in [-0.2, -0.15) is 0 Å². The molecule has 2 heterocycles. The van der Waals surface area contributed by atoms with Crippen molar-refractivity contribution in [2.45, 2.75) is 20.0 Å². The second kappa shape index (κ2) is 7.87. The van der Waals surface area contributed by atoms with Crippen LogP contribution < -0.4 is 5.32 Å². The molecule has 1 N–H and O–H groups in total. The predicted octanol–water partition coefficient (Wildman–Crippen LogP) is 1.14. The normalized spacial score (nSPS) is 10.0. The zero-order valence-corrected chi connectivity index (χ0v) is 12.4. The number of amides is 2. The summed E-state index contributed by atoms with van der Waals surface area (Å²) in [5, 5.41) is 2.79. The standard InChI is InChI=1S/C16H18N4O2/c1-13(21)20(11-15-3-2-6-18-9-15)12-16(22)19-10-14-4-7-17-8-5-14/h2-9H,10-12H2,1H3,(H,19,22). The second-order valence-corrected chi connectivity index (χ2v) is 4.87. The maximum absolute atomic E-state index is 12.0. The zero-order valence-electron chi connectivity index (χ0n) is 12.4. The van der Waals surface area contributed by atoms with Crippen LogP contribution in [0.5, 0.6) is 0 Å². The highest BCUT2D eigenvalue weighted by Gasteiger charge is 2.14. The van der Waals surface area contributed by atoms with Gasteiger partial charge in [0.2, 0.25) is 11.8 Å². The Hall–Kier alpha value is -2.76. The summed E-state index contributed by atoms with van der Waals surface area (Å²) < 4.78 is 0. The van der Waals surface area contributed by atoms with E-state index in [1.54, 1.807) is 30.9 Å². The molecule has 0 atom stereocenters. The smallest absolute Gasteiger partial charge is 0.239 e.